The zero-order chi connectivity index (χ0) is 24.3. The second kappa shape index (κ2) is 9.88. The Morgan fingerprint density at radius 2 is 1.91 bits per heavy atom. The molecular formula is C21H20Cl2N6O4. The Kier molecular flexibility index (Phi) is 7.19. The Morgan fingerprint density at radius 1 is 1.18 bits per heavy atom. The van der Waals surface area contributed by atoms with Gasteiger partial charge in [0, 0.05) is 39.6 Å². The molecule has 2 N–H and O–H groups in total. The van der Waals surface area contributed by atoms with E-state index in [1.807, 2.05) is 0 Å². The number of carbonyl (C=O) groups excluding carboxylic acids is 2. The minimum absolute atomic E-state index is 0.133. The van der Waals surface area contributed by atoms with Gasteiger partial charge in [-0.2, -0.15) is 4.98 Å². The number of urea groups is 1. The zero-order valence-corrected chi connectivity index (χ0v) is 19.4. The molecule has 2 aromatic heterocycles. The number of hydrogen-bond donors (Lipinski definition) is 2. The molecule has 0 spiro atoms. The van der Waals surface area contributed by atoms with Crippen molar-refractivity contribution in [2.45, 2.75) is 6.54 Å². The molecular weight excluding hydrogens is 471 g/mol. The monoisotopic (exact) mass is 490 g/mol. The van der Waals surface area contributed by atoms with E-state index in [1.54, 1.807) is 38.4 Å². The van der Waals surface area contributed by atoms with Gasteiger partial charge in [0.25, 0.3) is 0 Å². The average molecular weight is 491 g/mol. The molecule has 0 saturated carbocycles. The molecule has 33 heavy (non-hydrogen) atoms. The Bertz CT molecular complexity index is 1230. The molecule has 1 aromatic carbocycles. The quantitative estimate of drug-likeness (QED) is 0.478. The molecule has 3 rings (SSSR count). The lowest BCUT2D eigenvalue weighted by atomic mass is 10.2. The molecule has 0 bridgehead atoms. The second-order valence-corrected chi connectivity index (χ2v) is 7.94. The highest BCUT2D eigenvalue weighted by Gasteiger charge is 2.24. The van der Waals surface area contributed by atoms with Gasteiger partial charge in [0.1, 0.15) is 11.4 Å². The molecule has 0 radical (unpaired) electrons. The highest BCUT2D eigenvalue weighted by Crippen LogP contribution is 2.26. The number of aldehydes is 1. The lowest BCUT2D eigenvalue weighted by Gasteiger charge is -2.24. The number of amides is 2. The van der Waals surface area contributed by atoms with Crippen LogP contribution in [0.4, 0.5) is 22.2 Å². The summed E-state index contributed by atoms with van der Waals surface area (Å²) in [6.45, 7) is 0.253. The van der Waals surface area contributed by atoms with Crippen LogP contribution in [0.15, 0.2) is 36.5 Å². The van der Waals surface area contributed by atoms with Gasteiger partial charge in [0.15, 0.2) is 12.1 Å². The smallest absolute Gasteiger partial charge is 0.354 e. The summed E-state index contributed by atoms with van der Waals surface area (Å²) in [5, 5.41) is 12.9. The number of anilines is 3. The van der Waals surface area contributed by atoms with Crippen LogP contribution in [0.1, 0.15) is 26.5 Å². The molecule has 0 aliphatic rings. The first kappa shape index (κ1) is 24.0. The highest BCUT2D eigenvalue weighted by molar-refractivity contribution is 6.42. The number of carboxylic acids is 1. The van der Waals surface area contributed by atoms with Gasteiger partial charge in [-0.05, 0) is 29.8 Å². The van der Waals surface area contributed by atoms with Crippen LogP contribution in [-0.4, -0.2) is 56.9 Å². The minimum Gasteiger partial charge on any atom is -0.477 e. The van der Waals surface area contributed by atoms with Crippen molar-refractivity contribution in [1.82, 2.24) is 19.4 Å². The lowest BCUT2D eigenvalue weighted by Crippen LogP contribution is -2.39. The van der Waals surface area contributed by atoms with Gasteiger partial charge in [-0.3, -0.25) is 9.69 Å². The molecule has 2 heterocycles. The number of halogens is 2. The summed E-state index contributed by atoms with van der Waals surface area (Å²) in [7, 11) is 4.70. The number of rotatable bonds is 7. The number of aromatic carboxylic acids is 1. The van der Waals surface area contributed by atoms with E-state index in [1.165, 1.54) is 33.7 Å². The van der Waals surface area contributed by atoms with E-state index in [0.29, 0.717) is 22.0 Å². The van der Waals surface area contributed by atoms with Crippen LogP contribution >= 0.6 is 23.2 Å². The van der Waals surface area contributed by atoms with E-state index < -0.39 is 12.0 Å². The van der Waals surface area contributed by atoms with Gasteiger partial charge in [-0.15, -0.1) is 0 Å². The lowest BCUT2D eigenvalue weighted by molar-refractivity contribution is 0.0690. The third-order valence-electron chi connectivity index (χ3n) is 4.80. The molecule has 2 amide bonds. The van der Waals surface area contributed by atoms with E-state index in [9.17, 15) is 14.4 Å². The Labute approximate surface area is 199 Å². The first-order chi connectivity index (χ1) is 15.6. The summed E-state index contributed by atoms with van der Waals surface area (Å²) in [5.41, 5.74) is 1.19. The highest BCUT2D eigenvalue weighted by atomic mass is 35.5. The molecule has 0 aliphatic carbocycles. The van der Waals surface area contributed by atoms with Gasteiger partial charge in [-0.1, -0.05) is 29.3 Å². The summed E-state index contributed by atoms with van der Waals surface area (Å²) >= 11 is 12.0. The van der Waals surface area contributed by atoms with Gasteiger partial charge in [0.2, 0.25) is 5.95 Å². The van der Waals surface area contributed by atoms with E-state index in [0.717, 1.165) is 5.56 Å². The number of imidazole rings is 1. The summed E-state index contributed by atoms with van der Waals surface area (Å²) in [6, 6.07) is 7.56. The number of benzene rings is 1. The fourth-order valence-corrected chi connectivity index (χ4v) is 3.39. The van der Waals surface area contributed by atoms with Gasteiger partial charge >= 0.3 is 12.0 Å². The first-order valence-corrected chi connectivity index (χ1v) is 10.3. The van der Waals surface area contributed by atoms with Gasteiger partial charge in [0.05, 0.1) is 10.0 Å². The number of hydrogen-bond acceptors (Lipinski definition) is 6. The van der Waals surface area contributed by atoms with Crippen molar-refractivity contribution in [3.63, 3.8) is 0 Å². The van der Waals surface area contributed by atoms with Crippen LogP contribution in [-0.2, 0) is 13.6 Å². The Morgan fingerprint density at radius 3 is 2.55 bits per heavy atom. The fourth-order valence-electron chi connectivity index (χ4n) is 3.07. The molecule has 0 unspecified atom stereocenters. The van der Waals surface area contributed by atoms with Crippen LogP contribution in [0.2, 0.25) is 10.0 Å². The van der Waals surface area contributed by atoms with E-state index >= 15 is 0 Å². The van der Waals surface area contributed by atoms with Crippen molar-refractivity contribution in [2.75, 3.05) is 24.3 Å². The third kappa shape index (κ3) is 5.24. The number of nitrogens with zero attached hydrogens (tertiary/aromatic N) is 5. The predicted molar refractivity (Wildman–Crippen MR) is 125 cm³/mol. The van der Waals surface area contributed by atoms with Crippen molar-refractivity contribution < 1.29 is 19.5 Å². The molecule has 0 atom stereocenters. The normalized spacial score (nSPS) is 10.6. The van der Waals surface area contributed by atoms with Gasteiger partial charge < -0.3 is 19.9 Å². The standard InChI is InChI=1S/C21H20Cl2N6O4/c1-27(10-12-4-5-14(22)15(23)8-12)21(33)29(3)18-17(11-30)28(2)20(26-18)25-13-6-7-24-16(9-13)19(31)32/h4-9,11H,10H2,1-3H3,(H,31,32)(H,24,25,26). The van der Waals surface area contributed by atoms with Crippen LogP contribution < -0.4 is 10.2 Å². The van der Waals surface area contributed by atoms with Crippen LogP contribution in [0.5, 0.6) is 0 Å². The predicted octanol–water partition coefficient (Wildman–Crippen LogP) is 4.06. The maximum absolute atomic E-state index is 13.0. The van der Waals surface area contributed by atoms with E-state index in [-0.39, 0.29) is 29.7 Å². The Hall–Kier alpha value is -3.63. The van der Waals surface area contributed by atoms with Crippen molar-refractivity contribution in [3.8, 4) is 0 Å². The maximum Gasteiger partial charge on any atom is 0.354 e. The Balaban J connectivity index is 1.83. The first-order valence-electron chi connectivity index (χ1n) is 9.53. The fraction of sp³-hybridized carbons (Fsp3) is 0.190. The minimum atomic E-state index is -1.18. The summed E-state index contributed by atoms with van der Waals surface area (Å²) in [4.78, 5) is 46.7. The average Bonchev–Trinajstić information content (AvgIpc) is 3.10. The topological polar surface area (TPSA) is 121 Å². The van der Waals surface area contributed by atoms with Crippen molar-refractivity contribution in [3.05, 3.63) is 63.5 Å². The molecule has 10 nitrogen and oxygen atoms in total. The van der Waals surface area contributed by atoms with E-state index in [4.69, 9.17) is 28.3 Å². The molecule has 0 saturated heterocycles. The summed E-state index contributed by atoms with van der Waals surface area (Å²) in [6.07, 6.45) is 1.93. The third-order valence-corrected chi connectivity index (χ3v) is 5.54. The van der Waals surface area contributed by atoms with Gasteiger partial charge in [-0.25, -0.2) is 14.6 Å². The van der Waals surface area contributed by atoms with Crippen molar-refractivity contribution >= 4 is 58.9 Å². The molecule has 0 fully saturated rings. The zero-order valence-electron chi connectivity index (χ0n) is 17.9. The summed E-state index contributed by atoms with van der Waals surface area (Å²) < 4.78 is 1.46. The number of pyridine rings is 1. The summed E-state index contributed by atoms with van der Waals surface area (Å²) in [5.74, 6) is -0.807. The van der Waals surface area contributed by atoms with Crippen molar-refractivity contribution in [2.24, 2.45) is 7.05 Å². The largest absolute Gasteiger partial charge is 0.477 e. The second-order valence-electron chi connectivity index (χ2n) is 7.13. The number of carboxylic acid groups (broad SMARTS) is 1. The maximum atomic E-state index is 13.0. The number of carbonyl (C=O) groups is 3. The molecule has 3 aromatic rings. The molecule has 172 valence electrons. The van der Waals surface area contributed by atoms with Crippen LogP contribution in [0.3, 0.4) is 0 Å². The number of nitrogens with one attached hydrogen (secondary N) is 1. The SMILES string of the molecule is CN(Cc1ccc(Cl)c(Cl)c1)C(=O)N(C)c1nc(Nc2ccnc(C(=O)O)c2)n(C)c1C=O. The molecule has 12 heteroatoms. The van der Waals surface area contributed by atoms with Crippen LogP contribution in [0, 0.1) is 0 Å². The van der Waals surface area contributed by atoms with E-state index in [2.05, 4.69) is 15.3 Å². The number of aromatic nitrogens is 3. The van der Waals surface area contributed by atoms with Crippen molar-refractivity contribution in [1.29, 1.82) is 0 Å². The van der Waals surface area contributed by atoms with Crippen LogP contribution in [0.25, 0.3) is 0 Å². The molecule has 0 aliphatic heterocycles.